The molecule has 0 aliphatic rings. The molecule has 23 heavy (non-hydrogen) atoms. The van der Waals surface area contributed by atoms with Crippen LogP contribution in [-0.2, 0) is 14.3 Å². The van der Waals surface area contributed by atoms with E-state index in [0.29, 0.717) is 23.8 Å². The summed E-state index contributed by atoms with van der Waals surface area (Å²) in [5.41, 5.74) is 0.599. The SMILES string of the molecule is CCOC(=O)C(C)(C)SCC(=O)Nc1ccc(OC)c(OC)c1. The minimum Gasteiger partial charge on any atom is -0.493 e. The number of nitrogens with one attached hydrogen (secondary N) is 1. The summed E-state index contributed by atoms with van der Waals surface area (Å²) in [6, 6.07) is 5.11. The molecular weight excluding hydrogens is 318 g/mol. The van der Waals surface area contributed by atoms with E-state index in [1.165, 1.54) is 18.9 Å². The van der Waals surface area contributed by atoms with Crippen LogP contribution < -0.4 is 14.8 Å². The average molecular weight is 341 g/mol. The van der Waals surface area contributed by atoms with Crippen LogP contribution in [0, 0.1) is 0 Å². The van der Waals surface area contributed by atoms with Gasteiger partial charge in [-0.05, 0) is 32.9 Å². The third-order valence-corrected chi connectivity index (χ3v) is 4.29. The van der Waals surface area contributed by atoms with E-state index in [1.807, 2.05) is 0 Å². The lowest BCUT2D eigenvalue weighted by molar-refractivity contribution is -0.145. The summed E-state index contributed by atoms with van der Waals surface area (Å²) in [5, 5.41) is 2.76. The van der Waals surface area contributed by atoms with Gasteiger partial charge in [-0.2, -0.15) is 0 Å². The van der Waals surface area contributed by atoms with Crippen LogP contribution in [-0.4, -0.2) is 43.2 Å². The lowest BCUT2D eigenvalue weighted by Crippen LogP contribution is -2.32. The molecule has 0 aliphatic carbocycles. The second-order valence-electron chi connectivity index (χ2n) is 5.14. The zero-order valence-corrected chi connectivity index (χ0v) is 14.9. The van der Waals surface area contributed by atoms with Gasteiger partial charge in [0, 0.05) is 11.8 Å². The van der Waals surface area contributed by atoms with Gasteiger partial charge in [-0.25, -0.2) is 0 Å². The summed E-state index contributed by atoms with van der Waals surface area (Å²) in [6.45, 7) is 5.54. The van der Waals surface area contributed by atoms with Crippen LogP contribution in [0.1, 0.15) is 20.8 Å². The molecule has 0 radical (unpaired) electrons. The molecule has 0 saturated heterocycles. The largest absolute Gasteiger partial charge is 0.493 e. The lowest BCUT2D eigenvalue weighted by Gasteiger charge is -2.21. The minimum atomic E-state index is -0.773. The molecule has 1 rings (SSSR count). The van der Waals surface area contributed by atoms with Crippen LogP contribution in [0.25, 0.3) is 0 Å². The second-order valence-corrected chi connectivity index (χ2v) is 6.74. The van der Waals surface area contributed by atoms with Crippen molar-refractivity contribution >= 4 is 29.3 Å². The highest BCUT2D eigenvalue weighted by molar-refractivity contribution is 8.02. The number of rotatable bonds is 8. The first-order valence-electron chi connectivity index (χ1n) is 7.17. The second kappa shape index (κ2) is 8.67. The monoisotopic (exact) mass is 341 g/mol. The van der Waals surface area contributed by atoms with Crippen molar-refractivity contribution in [2.24, 2.45) is 0 Å². The molecule has 1 aromatic rings. The van der Waals surface area contributed by atoms with Gasteiger partial charge in [0.1, 0.15) is 4.75 Å². The maximum Gasteiger partial charge on any atom is 0.321 e. The Labute approximate surface area is 140 Å². The van der Waals surface area contributed by atoms with Gasteiger partial charge in [0.05, 0.1) is 26.6 Å². The third kappa shape index (κ3) is 5.67. The van der Waals surface area contributed by atoms with Crippen molar-refractivity contribution in [2.75, 3.05) is 31.9 Å². The number of carbonyl (C=O) groups is 2. The van der Waals surface area contributed by atoms with E-state index in [2.05, 4.69) is 5.32 Å². The van der Waals surface area contributed by atoms with Crippen molar-refractivity contribution in [3.05, 3.63) is 18.2 Å². The fourth-order valence-electron chi connectivity index (χ4n) is 1.72. The van der Waals surface area contributed by atoms with Gasteiger partial charge in [-0.3, -0.25) is 9.59 Å². The highest BCUT2D eigenvalue weighted by Gasteiger charge is 2.30. The standard InChI is InChI=1S/C16H23NO5S/c1-6-22-15(19)16(2,3)23-10-14(18)17-11-7-8-12(20-4)13(9-11)21-5/h7-9H,6,10H2,1-5H3,(H,17,18). The summed E-state index contributed by atoms with van der Waals surface area (Å²) in [4.78, 5) is 23.8. The Hall–Kier alpha value is -1.89. The van der Waals surface area contributed by atoms with E-state index in [1.54, 1.807) is 46.1 Å². The van der Waals surface area contributed by atoms with Crippen molar-refractivity contribution in [1.29, 1.82) is 0 Å². The van der Waals surface area contributed by atoms with Crippen molar-refractivity contribution < 1.29 is 23.8 Å². The van der Waals surface area contributed by atoms with Gasteiger partial charge in [-0.1, -0.05) is 0 Å². The average Bonchev–Trinajstić information content (AvgIpc) is 2.53. The van der Waals surface area contributed by atoms with Crippen LogP contribution in [0.15, 0.2) is 18.2 Å². The molecular formula is C16H23NO5S. The quantitative estimate of drug-likeness (QED) is 0.733. The maximum absolute atomic E-state index is 12.0. The molecule has 1 aromatic carbocycles. The van der Waals surface area contributed by atoms with E-state index < -0.39 is 4.75 Å². The van der Waals surface area contributed by atoms with E-state index in [0.717, 1.165) is 0 Å². The smallest absolute Gasteiger partial charge is 0.321 e. The van der Waals surface area contributed by atoms with Crippen LogP contribution in [0.3, 0.4) is 0 Å². The van der Waals surface area contributed by atoms with Crippen LogP contribution >= 0.6 is 11.8 Å². The normalized spacial score (nSPS) is 10.8. The molecule has 128 valence electrons. The first kappa shape index (κ1) is 19.2. The molecule has 1 N–H and O–H groups in total. The molecule has 6 nitrogen and oxygen atoms in total. The number of amides is 1. The molecule has 0 fully saturated rings. The molecule has 0 bridgehead atoms. The Balaban J connectivity index is 2.62. The predicted molar refractivity (Wildman–Crippen MR) is 91.3 cm³/mol. The Morgan fingerprint density at radius 2 is 1.83 bits per heavy atom. The Morgan fingerprint density at radius 1 is 1.17 bits per heavy atom. The number of esters is 1. The molecule has 0 spiro atoms. The van der Waals surface area contributed by atoms with Gasteiger partial charge in [0.2, 0.25) is 5.91 Å². The topological polar surface area (TPSA) is 73.9 Å². The van der Waals surface area contributed by atoms with E-state index in [-0.39, 0.29) is 17.6 Å². The molecule has 0 aliphatic heterocycles. The number of ether oxygens (including phenoxy) is 3. The molecule has 0 saturated carbocycles. The zero-order valence-electron chi connectivity index (χ0n) is 14.1. The lowest BCUT2D eigenvalue weighted by atomic mass is 10.2. The first-order valence-corrected chi connectivity index (χ1v) is 8.15. The zero-order chi connectivity index (χ0) is 17.5. The third-order valence-electron chi connectivity index (χ3n) is 3.00. The Kier molecular flexibility index (Phi) is 7.22. The van der Waals surface area contributed by atoms with Gasteiger partial charge in [-0.15, -0.1) is 11.8 Å². The van der Waals surface area contributed by atoms with Gasteiger partial charge < -0.3 is 19.5 Å². The van der Waals surface area contributed by atoms with Crippen LogP contribution in [0.5, 0.6) is 11.5 Å². The molecule has 0 atom stereocenters. The number of benzene rings is 1. The molecule has 0 aromatic heterocycles. The molecule has 7 heteroatoms. The van der Waals surface area contributed by atoms with Crippen molar-refractivity contribution in [1.82, 2.24) is 0 Å². The molecule has 0 unspecified atom stereocenters. The summed E-state index contributed by atoms with van der Waals surface area (Å²) in [7, 11) is 3.07. The molecule has 1 amide bonds. The van der Waals surface area contributed by atoms with Crippen LogP contribution in [0.2, 0.25) is 0 Å². The summed E-state index contributed by atoms with van der Waals surface area (Å²) in [6.07, 6.45) is 0. The number of thioether (sulfide) groups is 1. The summed E-state index contributed by atoms with van der Waals surface area (Å²) >= 11 is 1.23. The summed E-state index contributed by atoms with van der Waals surface area (Å²) in [5.74, 6) is 0.719. The van der Waals surface area contributed by atoms with E-state index in [4.69, 9.17) is 14.2 Å². The van der Waals surface area contributed by atoms with Crippen molar-refractivity contribution in [3.63, 3.8) is 0 Å². The Bertz CT molecular complexity index is 559. The highest BCUT2D eigenvalue weighted by Crippen LogP contribution is 2.30. The van der Waals surface area contributed by atoms with Gasteiger partial charge in [0.15, 0.2) is 11.5 Å². The van der Waals surface area contributed by atoms with Gasteiger partial charge in [0.25, 0.3) is 0 Å². The minimum absolute atomic E-state index is 0.139. The van der Waals surface area contributed by atoms with E-state index in [9.17, 15) is 9.59 Å². The van der Waals surface area contributed by atoms with Crippen LogP contribution in [0.4, 0.5) is 5.69 Å². The van der Waals surface area contributed by atoms with Gasteiger partial charge >= 0.3 is 5.97 Å². The fourth-order valence-corrected chi connectivity index (χ4v) is 2.46. The highest BCUT2D eigenvalue weighted by atomic mass is 32.2. The predicted octanol–water partition coefficient (Wildman–Crippen LogP) is 2.72. The van der Waals surface area contributed by atoms with E-state index >= 15 is 0 Å². The first-order chi connectivity index (χ1) is 10.8. The number of hydrogen-bond donors (Lipinski definition) is 1. The number of carbonyl (C=O) groups excluding carboxylic acids is 2. The number of methoxy groups -OCH3 is 2. The fraction of sp³-hybridized carbons (Fsp3) is 0.500. The summed E-state index contributed by atoms with van der Waals surface area (Å²) < 4.78 is 14.6. The maximum atomic E-state index is 12.0. The van der Waals surface area contributed by atoms with Crippen molar-refractivity contribution in [3.8, 4) is 11.5 Å². The number of hydrogen-bond acceptors (Lipinski definition) is 6. The Morgan fingerprint density at radius 3 is 2.39 bits per heavy atom. The number of anilines is 1. The molecule has 0 heterocycles. The van der Waals surface area contributed by atoms with Crippen molar-refractivity contribution in [2.45, 2.75) is 25.5 Å².